The van der Waals surface area contributed by atoms with Crippen LogP contribution < -0.4 is 10.6 Å². The van der Waals surface area contributed by atoms with Crippen molar-refractivity contribution >= 4 is 18.0 Å². The zero-order valence-electron chi connectivity index (χ0n) is 23.2. The average Bonchev–Trinajstić information content (AvgIpc) is 3.28. The normalized spacial score (nSPS) is 16.4. The van der Waals surface area contributed by atoms with Crippen molar-refractivity contribution in [2.24, 2.45) is 5.41 Å². The highest BCUT2D eigenvalue weighted by Crippen LogP contribution is 2.45. The van der Waals surface area contributed by atoms with Crippen molar-refractivity contribution in [3.05, 3.63) is 95.6 Å². The van der Waals surface area contributed by atoms with Gasteiger partial charge in [-0.3, -0.25) is 4.79 Å². The van der Waals surface area contributed by atoms with E-state index >= 15 is 0 Å². The second-order valence-corrected chi connectivity index (χ2v) is 11.1. The van der Waals surface area contributed by atoms with Crippen LogP contribution in [-0.2, 0) is 25.7 Å². The van der Waals surface area contributed by atoms with E-state index in [-0.39, 0.29) is 38.0 Å². The third-order valence-electron chi connectivity index (χ3n) is 8.31. The molecule has 1 fully saturated rings. The second kappa shape index (κ2) is 12.6. The molecule has 2 aliphatic rings. The first-order chi connectivity index (χ1) is 19.8. The van der Waals surface area contributed by atoms with Gasteiger partial charge in [-0.1, -0.05) is 85.3 Å². The monoisotopic (exact) mass is 556 g/mol. The summed E-state index contributed by atoms with van der Waals surface area (Å²) in [6.45, 7) is 2.39. The summed E-state index contributed by atoms with van der Waals surface area (Å²) in [7, 11) is 0. The van der Waals surface area contributed by atoms with Gasteiger partial charge in [-0.15, -0.1) is 0 Å². The van der Waals surface area contributed by atoms with E-state index < -0.39 is 29.6 Å². The van der Waals surface area contributed by atoms with E-state index in [2.05, 4.69) is 34.9 Å². The van der Waals surface area contributed by atoms with E-state index in [4.69, 9.17) is 9.47 Å². The number of hydrogen-bond donors (Lipinski definition) is 3. The van der Waals surface area contributed by atoms with Crippen LogP contribution in [0.5, 0.6) is 0 Å². The summed E-state index contributed by atoms with van der Waals surface area (Å²) in [5.41, 5.74) is 5.11. The molecule has 0 spiro atoms. The maximum absolute atomic E-state index is 12.9. The van der Waals surface area contributed by atoms with Crippen molar-refractivity contribution in [1.82, 2.24) is 10.6 Å². The Balaban J connectivity index is 1.12. The minimum Gasteiger partial charge on any atom is -0.480 e. The van der Waals surface area contributed by atoms with Crippen LogP contribution in [0, 0.1) is 5.41 Å². The van der Waals surface area contributed by atoms with Crippen LogP contribution in [0.4, 0.5) is 4.79 Å². The predicted octanol–water partition coefficient (Wildman–Crippen LogP) is 5.26. The van der Waals surface area contributed by atoms with Gasteiger partial charge in [0, 0.05) is 18.9 Å². The van der Waals surface area contributed by atoms with Crippen molar-refractivity contribution in [1.29, 1.82) is 0 Å². The minimum absolute atomic E-state index is 0.0318. The SMILES string of the molecule is C[C@H](OCc1ccccc1)[C@@H](NC(=O)CC1(CNC(=O)OCC2c3ccccc3-c3ccccc32)CCC1)C(=O)O. The summed E-state index contributed by atoms with van der Waals surface area (Å²) < 4.78 is 11.4. The summed E-state index contributed by atoms with van der Waals surface area (Å²) in [6, 6.07) is 24.6. The Morgan fingerprint density at radius 2 is 1.54 bits per heavy atom. The number of nitrogens with one attached hydrogen (secondary N) is 2. The lowest BCUT2D eigenvalue weighted by molar-refractivity contribution is -0.147. The highest BCUT2D eigenvalue weighted by Gasteiger charge is 2.40. The largest absolute Gasteiger partial charge is 0.480 e. The first-order valence-corrected chi connectivity index (χ1v) is 14.1. The molecule has 3 aromatic carbocycles. The molecule has 0 radical (unpaired) electrons. The molecule has 5 rings (SSSR count). The van der Waals surface area contributed by atoms with Crippen molar-refractivity contribution in [3.8, 4) is 11.1 Å². The molecule has 2 amide bonds. The number of amides is 2. The van der Waals surface area contributed by atoms with E-state index in [0.717, 1.165) is 47.1 Å². The van der Waals surface area contributed by atoms with Crippen molar-refractivity contribution < 1.29 is 29.0 Å². The van der Waals surface area contributed by atoms with Crippen molar-refractivity contribution in [2.45, 2.75) is 57.3 Å². The lowest BCUT2D eigenvalue weighted by Crippen LogP contribution is -2.51. The van der Waals surface area contributed by atoms with Gasteiger partial charge in [-0.25, -0.2) is 9.59 Å². The Morgan fingerprint density at radius 3 is 2.12 bits per heavy atom. The molecule has 0 unspecified atom stereocenters. The van der Waals surface area contributed by atoms with Crippen LogP contribution in [-0.4, -0.2) is 48.4 Å². The maximum Gasteiger partial charge on any atom is 0.407 e. The highest BCUT2D eigenvalue weighted by molar-refractivity contribution is 5.84. The Kier molecular flexibility index (Phi) is 8.69. The number of ether oxygens (including phenoxy) is 2. The molecule has 1 saturated carbocycles. The first-order valence-electron chi connectivity index (χ1n) is 14.1. The van der Waals surface area contributed by atoms with Gasteiger partial charge in [-0.05, 0) is 53.0 Å². The zero-order valence-corrected chi connectivity index (χ0v) is 23.2. The molecule has 8 heteroatoms. The molecule has 2 atom stereocenters. The van der Waals surface area contributed by atoms with Gasteiger partial charge in [0.15, 0.2) is 6.04 Å². The van der Waals surface area contributed by atoms with Gasteiger partial charge >= 0.3 is 12.1 Å². The molecule has 8 nitrogen and oxygen atoms in total. The third kappa shape index (κ3) is 6.60. The summed E-state index contributed by atoms with van der Waals surface area (Å²) >= 11 is 0. The number of carbonyl (C=O) groups is 3. The van der Waals surface area contributed by atoms with Crippen LogP contribution in [0.15, 0.2) is 78.9 Å². The second-order valence-electron chi connectivity index (χ2n) is 11.1. The number of carboxylic acid groups (broad SMARTS) is 1. The molecular formula is C33H36N2O6. The fourth-order valence-electron chi connectivity index (χ4n) is 5.85. The first kappa shape index (κ1) is 28.4. The number of benzene rings is 3. The number of hydrogen-bond acceptors (Lipinski definition) is 5. The van der Waals surface area contributed by atoms with E-state index in [1.807, 2.05) is 54.6 Å². The van der Waals surface area contributed by atoms with Crippen LogP contribution >= 0.6 is 0 Å². The highest BCUT2D eigenvalue weighted by atomic mass is 16.5. The molecule has 41 heavy (non-hydrogen) atoms. The molecule has 0 heterocycles. The van der Waals surface area contributed by atoms with Gasteiger partial charge < -0.3 is 25.2 Å². The van der Waals surface area contributed by atoms with E-state index in [1.54, 1.807) is 6.92 Å². The standard InChI is InChI=1S/C33H36N2O6/c1-22(40-19-23-10-3-2-4-11-23)30(31(37)38)35-29(36)18-33(16-9-17-33)21-34-32(39)41-20-28-26-14-7-5-12-24(26)25-13-6-8-15-27(25)28/h2-8,10-15,22,28,30H,9,16-21H2,1H3,(H,34,39)(H,35,36)(H,37,38)/t22-,30+/m0/s1. The molecular weight excluding hydrogens is 520 g/mol. The maximum atomic E-state index is 12.9. The summed E-state index contributed by atoms with van der Waals surface area (Å²) in [5.74, 6) is -1.56. The van der Waals surface area contributed by atoms with Gasteiger partial charge in [0.25, 0.3) is 0 Å². The topological polar surface area (TPSA) is 114 Å². The van der Waals surface area contributed by atoms with Crippen molar-refractivity contribution in [3.63, 3.8) is 0 Å². The fourth-order valence-corrected chi connectivity index (χ4v) is 5.85. The number of carboxylic acids is 1. The predicted molar refractivity (Wildman–Crippen MR) is 154 cm³/mol. The molecule has 0 aliphatic heterocycles. The van der Waals surface area contributed by atoms with Crippen LogP contribution in [0.25, 0.3) is 11.1 Å². The quantitative estimate of drug-likeness (QED) is 0.280. The molecule has 0 saturated heterocycles. The van der Waals surface area contributed by atoms with Gasteiger partial charge in [0.05, 0.1) is 12.7 Å². The molecule has 3 N–H and O–H groups in total. The third-order valence-corrected chi connectivity index (χ3v) is 8.31. The minimum atomic E-state index is -1.18. The summed E-state index contributed by atoms with van der Waals surface area (Å²) in [4.78, 5) is 37.6. The lowest BCUT2D eigenvalue weighted by atomic mass is 9.66. The number of fused-ring (bicyclic) bond motifs is 3. The van der Waals surface area contributed by atoms with Crippen LogP contribution in [0.1, 0.15) is 55.2 Å². The number of rotatable bonds is 12. The lowest BCUT2D eigenvalue weighted by Gasteiger charge is -2.41. The number of aliphatic carboxylic acids is 1. The molecule has 2 aliphatic carbocycles. The summed E-state index contributed by atoms with van der Waals surface area (Å²) in [5, 5.41) is 15.2. The van der Waals surface area contributed by atoms with Crippen LogP contribution in [0.3, 0.4) is 0 Å². The fraction of sp³-hybridized carbons (Fsp3) is 0.364. The molecule has 0 aromatic heterocycles. The Hall–Kier alpha value is -4.17. The van der Waals surface area contributed by atoms with Crippen LogP contribution in [0.2, 0.25) is 0 Å². The van der Waals surface area contributed by atoms with E-state index in [9.17, 15) is 19.5 Å². The average molecular weight is 557 g/mol. The van der Waals surface area contributed by atoms with Gasteiger partial charge in [0.2, 0.25) is 5.91 Å². The molecule has 0 bridgehead atoms. The summed E-state index contributed by atoms with van der Waals surface area (Å²) in [6.07, 6.45) is 1.34. The Labute approximate surface area is 240 Å². The smallest absolute Gasteiger partial charge is 0.407 e. The van der Waals surface area contributed by atoms with Gasteiger partial charge in [-0.2, -0.15) is 0 Å². The van der Waals surface area contributed by atoms with Gasteiger partial charge in [0.1, 0.15) is 6.61 Å². The van der Waals surface area contributed by atoms with E-state index in [0.29, 0.717) is 0 Å². The Bertz CT molecular complexity index is 1340. The van der Waals surface area contributed by atoms with E-state index in [1.165, 1.54) is 0 Å². The number of carbonyl (C=O) groups excluding carboxylic acids is 2. The van der Waals surface area contributed by atoms with Crippen molar-refractivity contribution in [2.75, 3.05) is 13.2 Å². The molecule has 214 valence electrons. The molecule has 3 aromatic rings. The Morgan fingerprint density at radius 1 is 0.927 bits per heavy atom. The number of alkyl carbamates (subject to hydrolysis) is 1. The zero-order chi connectivity index (χ0) is 28.8.